The van der Waals surface area contributed by atoms with Crippen molar-refractivity contribution in [3.63, 3.8) is 0 Å². The van der Waals surface area contributed by atoms with Gasteiger partial charge < -0.3 is 5.32 Å². The third kappa shape index (κ3) is 2.52. The number of benzene rings is 1. The molecule has 3 nitrogen and oxygen atoms in total. The van der Waals surface area contributed by atoms with E-state index in [1.165, 1.54) is 30.6 Å². The highest BCUT2D eigenvalue weighted by atomic mass is 35.5. The Hall–Kier alpha value is -2.60. The second-order valence-corrected chi connectivity index (χ2v) is 6.55. The predicted octanol–water partition coefficient (Wildman–Crippen LogP) is 5.28. The van der Waals surface area contributed by atoms with Crippen molar-refractivity contribution in [1.82, 2.24) is 9.97 Å². The average molecular weight is 376 g/mol. The number of hydrogen-bond acceptors (Lipinski definition) is 3. The zero-order chi connectivity index (χ0) is 18.4. The number of fused-ring (bicyclic) bond motifs is 2. The summed E-state index contributed by atoms with van der Waals surface area (Å²) in [6.07, 6.45) is -1.97. The standard InChI is InChI=1S/C19H13ClF3N3/c20-12-6-7-16-15(10-12)18(19(21,22)23,11-13-4-1-2-8-24-13)14-5-3-9-25-17(14)26-16/h1-10H,11H2,(H,25,26). The summed E-state index contributed by atoms with van der Waals surface area (Å²) >= 11 is 6.06. The molecule has 0 bridgehead atoms. The summed E-state index contributed by atoms with van der Waals surface area (Å²) in [5, 5.41) is 3.23. The Morgan fingerprint density at radius 2 is 1.77 bits per heavy atom. The number of nitrogens with one attached hydrogen (secondary N) is 1. The Morgan fingerprint density at radius 1 is 0.962 bits per heavy atom. The molecule has 4 rings (SSSR count). The molecule has 1 unspecified atom stereocenters. The van der Waals surface area contributed by atoms with Crippen LogP contribution in [0.15, 0.2) is 60.9 Å². The number of halogens is 4. The van der Waals surface area contributed by atoms with E-state index in [1.807, 2.05) is 0 Å². The van der Waals surface area contributed by atoms with E-state index in [1.54, 1.807) is 30.3 Å². The van der Waals surface area contributed by atoms with Crippen LogP contribution < -0.4 is 5.32 Å². The van der Waals surface area contributed by atoms with Gasteiger partial charge in [-0.15, -0.1) is 0 Å². The van der Waals surface area contributed by atoms with Gasteiger partial charge in [0.1, 0.15) is 11.2 Å². The minimum Gasteiger partial charge on any atom is -0.340 e. The van der Waals surface area contributed by atoms with E-state index < -0.39 is 11.6 Å². The summed E-state index contributed by atoms with van der Waals surface area (Å²) < 4.78 is 43.9. The maximum Gasteiger partial charge on any atom is 0.402 e. The van der Waals surface area contributed by atoms with E-state index >= 15 is 0 Å². The summed E-state index contributed by atoms with van der Waals surface area (Å²) in [6, 6.07) is 12.4. The molecule has 1 aliphatic heterocycles. The first-order chi connectivity index (χ1) is 12.4. The van der Waals surface area contributed by atoms with Gasteiger partial charge in [-0.05, 0) is 42.0 Å². The molecule has 1 aliphatic rings. The van der Waals surface area contributed by atoms with Crippen LogP contribution >= 0.6 is 11.6 Å². The van der Waals surface area contributed by atoms with Gasteiger partial charge in [-0.1, -0.05) is 23.7 Å². The van der Waals surface area contributed by atoms with Crippen LogP contribution in [0.25, 0.3) is 0 Å². The van der Waals surface area contributed by atoms with E-state index in [-0.39, 0.29) is 28.4 Å². The van der Waals surface area contributed by atoms with Crippen molar-refractivity contribution < 1.29 is 13.2 Å². The molecular formula is C19H13ClF3N3. The lowest BCUT2D eigenvalue weighted by Gasteiger charge is -2.41. The molecule has 7 heteroatoms. The van der Waals surface area contributed by atoms with Crippen molar-refractivity contribution >= 4 is 23.1 Å². The summed E-state index contributed by atoms with van der Waals surface area (Å²) in [5.74, 6) is 0.190. The third-order valence-electron chi connectivity index (χ3n) is 4.62. The molecule has 0 saturated heterocycles. The number of rotatable bonds is 2. The number of anilines is 2. The minimum atomic E-state index is -4.58. The van der Waals surface area contributed by atoms with Crippen molar-refractivity contribution in [1.29, 1.82) is 0 Å². The topological polar surface area (TPSA) is 37.8 Å². The number of nitrogens with zero attached hydrogens (tertiary/aromatic N) is 2. The van der Waals surface area contributed by atoms with Crippen LogP contribution in [-0.2, 0) is 11.8 Å². The second-order valence-electron chi connectivity index (χ2n) is 6.12. The molecule has 0 saturated carbocycles. The molecule has 132 valence electrons. The van der Waals surface area contributed by atoms with Gasteiger partial charge in [-0.25, -0.2) is 4.98 Å². The van der Waals surface area contributed by atoms with Crippen LogP contribution in [0.2, 0.25) is 5.02 Å². The lowest BCUT2D eigenvalue weighted by atomic mass is 9.68. The Bertz CT molecular complexity index is 960. The van der Waals surface area contributed by atoms with E-state index in [4.69, 9.17) is 11.6 Å². The number of aromatic nitrogens is 2. The highest BCUT2D eigenvalue weighted by Gasteiger charge is 2.60. The molecule has 2 aromatic heterocycles. The monoisotopic (exact) mass is 375 g/mol. The van der Waals surface area contributed by atoms with Crippen molar-refractivity contribution in [3.05, 3.63) is 82.8 Å². The van der Waals surface area contributed by atoms with Gasteiger partial charge in [0.15, 0.2) is 0 Å². The molecule has 1 aromatic carbocycles. The average Bonchev–Trinajstić information content (AvgIpc) is 2.62. The largest absolute Gasteiger partial charge is 0.402 e. The van der Waals surface area contributed by atoms with Crippen molar-refractivity contribution in [2.45, 2.75) is 18.0 Å². The molecule has 1 atom stereocenters. The summed E-state index contributed by atoms with van der Waals surface area (Å²) in [5.41, 5.74) is -1.48. The Kier molecular flexibility index (Phi) is 3.88. The quantitative estimate of drug-likeness (QED) is 0.662. The Labute approximate surface area is 152 Å². The van der Waals surface area contributed by atoms with Gasteiger partial charge in [0.25, 0.3) is 0 Å². The first-order valence-corrected chi connectivity index (χ1v) is 8.29. The summed E-state index contributed by atoms with van der Waals surface area (Å²) in [6.45, 7) is 0. The second kappa shape index (κ2) is 5.99. The first kappa shape index (κ1) is 16.8. The lowest BCUT2D eigenvalue weighted by molar-refractivity contribution is -0.178. The van der Waals surface area contributed by atoms with Crippen molar-refractivity contribution in [3.8, 4) is 0 Å². The molecule has 0 spiro atoms. The number of pyridine rings is 2. The fourth-order valence-electron chi connectivity index (χ4n) is 3.47. The zero-order valence-corrected chi connectivity index (χ0v) is 14.1. The maximum atomic E-state index is 14.6. The minimum absolute atomic E-state index is 0.0629. The predicted molar refractivity (Wildman–Crippen MR) is 93.7 cm³/mol. The van der Waals surface area contributed by atoms with Gasteiger partial charge in [-0.3, -0.25) is 4.98 Å². The van der Waals surface area contributed by atoms with Crippen LogP contribution in [0.4, 0.5) is 24.7 Å². The molecule has 0 aliphatic carbocycles. The lowest BCUT2D eigenvalue weighted by Crippen LogP contribution is -2.48. The van der Waals surface area contributed by atoms with Gasteiger partial charge in [0.05, 0.1) is 0 Å². The maximum absolute atomic E-state index is 14.6. The van der Waals surface area contributed by atoms with Crippen molar-refractivity contribution in [2.75, 3.05) is 5.32 Å². The zero-order valence-electron chi connectivity index (χ0n) is 13.4. The molecule has 3 aromatic rings. The van der Waals surface area contributed by atoms with Crippen LogP contribution in [-0.4, -0.2) is 16.1 Å². The molecule has 0 fully saturated rings. The fraction of sp³-hybridized carbons (Fsp3) is 0.158. The first-order valence-electron chi connectivity index (χ1n) is 7.91. The molecule has 3 heterocycles. The molecule has 1 N–H and O–H groups in total. The van der Waals surface area contributed by atoms with Gasteiger partial charge in [0.2, 0.25) is 0 Å². The van der Waals surface area contributed by atoms with Gasteiger partial charge in [-0.2, -0.15) is 13.2 Å². The Morgan fingerprint density at radius 3 is 2.50 bits per heavy atom. The summed E-state index contributed by atoms with van der Waals surface area (Å²) in [4.78, 5) is 8.25. The highest BCUT2D eigenvalue weighted by molar-refractivity contribution is 6.30. The van der Waals surface area contributed by atoms with Gasteiger partial charge >= 0.3 is 6.18 Å². The van der Waals surface area contributed by atoms with Crippen LogP contribution in [0.3, 0.4) is 0 Å². The third-order valence-corrected chi connectivity index (χ3v) is 4.85. The smallest absolute Gasteiger partial charge is 0.340 e. The molecule has 0 amide bonds. The van der Waals surface area contributed by atoms with E-state index in [2.05, 4.69) is 15.3 Å². The van der Waals surface area contributed by atoms with Crippen LogP contribution in [0.5, 0.6) is 0 Å². The Balaban J connectivity index is 2.05. The van der Waals surface area contributed by atoms with E-state index in [0.717, 1.165) is 0 Å². The number of hydrogen-bond donors (Lipinski definition) is 1. The van der Waals surface area contributed by atoms with E-state index in [9.17, 15) is 13.2 Å². The molecular weight excluding hydrogens is 363 g/mol. The fourth-order valence-corrected chi connectivity index (χ4v) is 3.64. The SMILES string of the molecule is FC(F)(F)C1(Cc2ccccn2)c2cc(Cl)ccc2Nc2ncccc21. The van der Waals surface area contributed by atoms with E-state index in [0.29, 0.717) is 11.4 Å². The van der Waals surface area contributed by atoms with Gasteiger partial charge in [0, 0.05) is 40.8 Å². The van der Waals surface area contributed by atoms with Crippen LogP contribution in [0.1, 0.15) is 16.8 Å². The van der Waals surface area contributed by atoms with Crippen molar-refractivity contribution in [2.24, 2.45) is 0 Å². The number of alkyl halides is 3. The summed E-state index contributed by atoms with van der Waals surface area (Å²) in [7, 11) is 0. The highest BCUT2D eigenvalue weighted by Crippen LogP contribution is 2.55. The normalized spacial score (nSPS) is 18.6. The molecule has 0 radical (unpaired) electrons. The molecule has 26 heavy (non-hydrogen) atoms. The van der Waals surface area contributed by atoms with Crippen LogP contribution in [0, 0.1) is 0 Å².